The van der Waals surface area contributed by atoms with Crippen molar-refractivity contribution in [2.24, 2.45) is 0 Å². The van der Waals surface area contributed by atoms with E-state index in [1.807, 2.05) is 0 Å². The highest BCUT2D eigenvalue weighted by atomic mass is 35.5. The predicted molar refractivity (Wildman–Crippen MR) is 121 cm³/mol. The van der Waals surface area contributed by atoms with Crippen LogP contribution in [0.15, 0.2) is 59.6 Å². The summed E-state index contributed by atoms with van der Waals surface area (Å²) >= 11 is 6.82. The molecule has 12 heteroatoms. The first kappa shape index (κ1) is 24.8. The van der Waals surface area contributed by atoms with Gasteiger partial charge in [-0.05, 0) is 30.3 Å². The number of hydrogen-bond acceptors (Lipinski definition) is 6. The molecule has 0 spiro atoms. The fraction of sp³-hybridized carbons (Fsp3) is 0.0909. The third-order valence-corrected chi connectivity index (χ3v) is 5.17. The zero-order valence-corrected chi connectivity index (χ0v) is 18.6. The molecule has 0 unspecified atom stereocenters. The molecule has 0 fully saturated rings. The highest BCUT2D eigenvalue weighted by Gasteiger charge is 2.33. The van der Waals surface area contributed by atoms with Gasteiger partial charge < -0.3 is 10.1 Å². The summed E-state index contributed by atoms with van der Waals surface area (Å²) in [5.74, 6) is -1.19. The number of thiazole rings is 1. The second-order valence-electron chi connectivity index (χ2n) is 6.53. The number of alkyl halides is 3. The number of para-hydroxylation sites is 1. The first-order valence-corrected chi connectivity index (χ1v) is 10.6. The van der Waals surface area contributed by atoms with Crippen molar-refractivity contribution in [3.63, 3.8) is 0 Å². The molecule has 174 valence electrons. The third-order valence-electron chi connectivity index (χ3n) is 4.15. The minimum Gasteiger partial charge on any atom is -0.483 e. The normalized spacial score (nSPS) is 11.4. The lowest BCUT2D eigenvalue weighted by molar-refractivity contribution is -0.137. The van der Waals surface area contributed by atoms with Crippen LogP contribution < -0.4 is 15.4 Å². The second kappa shape index (κ2) is 10.8. The Labute approximate surface area is 200 Å². The predicted octanol–water partition coefficient (Wildman–Crippen LogP) is 5.38. The number of halogens is 4. The number of rotatable bonds is 7. The molecule has 7 nitrogen and oxygen atoms in total. The molecule has 0 saturated heterocycles. The van der Waals surface area contributed by atoms with Crippen LogP contribution in [0.2, 0.25) is 5.02 Å². The summed E-state index contributed by atoms with van der Waals surface area (Å²) in [4.78, 5) is 28.5. The average molecular weight is 507 g/mol. The van der Waals surface area contributed by atoms with Gasteiger partial charge in [0.15, 0.2) is 11.7 Å². The van der Waals surface area contributed by atoms with Crippen molar-refractivity contribution in [1.82, 2.24) is 4.98 Å². The number of carbonyl (C=O) groups excluding carboxylic acids is 2. The first-order valence-electron chi connectivity index (χ1n) is 9.38. The van der Waals surface area contributed by atoms with Crippen molar-refractivity contribution in [2.75, 3.05) is 17.2 Å². The lowest BCUT2D eigenvalue weighted by Gasteiger charge is -2.12. The highest BCUT2D eigenvalue weighted by Crippen LogP contribution is 2.36. The number of ether oxygens (including phenoxy) is 1. The first-order chi connectivity index (χ1) is 16.2. The number of aromatic nitrogens is 1. The molecule has 2 aromatic carbocycles. The topological polar surface area (TPSA) is 104 Å². The van der Waals surface area contributed by atoms with E-state index in [9.17, 15) is 28.0 Å². The van der Waals surface area contributed by atoms with Crippen LogP contribution in [0, 0.1) is 11.3 Å². The Morgan fingerprint density at radius 1 is 1.21 bits per heavy atom. The van der Waals surface area contributed by atoms with Gasteiger partial charge in [-0.25, -0.2) is 4.98 Å². The van der Waals surface area contributed by atoms with Gasteiger partial charge in [0, 0.05) is 22.8 Å². The minimum absolute atomic E-state index is 0.189. The highest BCUT2D eigenvalue weighted by molar-refractivity contribution is 7.13. The van der Waals surface area contributed by atoms with Gasteiger partial charge in [-0.3, -0.25) is 14.9 Å². The average Bonchev–Trinajstić information content (AvgIpc) is 3.30. The molecule has 0 aliphatic heterocycles. The number of carbonyl (C=O) groups is 2. The van der Waals surface area contributed by atoms with Crippen molar-refractivity contribution < 1.29 is 27.5 Å². The van der Waals surface area contributed by atoms with Crippen LogP contribution in [0.1, 0.15) is 11.1 Å². The maximum absolute atomic E-state index is 13.1. The quantitative estimate of drug-likeness (QED) is 0.331. The van der Waals surface area contributed by atoms with Crippen LogP contribution in [0.4, 0.5) is 24.0 Å². The fourth-order valence-electron chi connectivity index (χ4n) is 2.64. The molecule has 0 saturated carbocycles. The van der Waals surface area contributed by atoms with Crippen molar-refractivity contribution in [3.05, 3.63) is 75.8 Å². The molecule has 2 amide bonds. The number of nitriles is 1. The monoisotopic (exact) mass is 506 g/mol. The van der Waals surface area contributed by atoms with Crippen molar-refractivity contribution in [1.29, 1.82) is 5.26 Å². The Bertz CT molecular complexity index is 1270. The summed E-state index contributed by atoms with van der Waals surface area (Å²) in [7, 11) is 0. The van der Waals surface area contributed by atoms with Gasteiger partial charge in [0.05, 0.1) is 10.6 Å². The number of benzene rings is 2. The number of nitrogens with one attached hydrogen (secondary N) is 2. The Kier molecular flexibility index (Phi) is 7.88. The molecule has 1 aromatic heterocycles. The number of anilines is 2. The van der Waals surface area contributed by atoms with E-state index < -0.39 is 34.1 Å². The molecule has 0 aliphatic carbocycles. The number of nitrogens with zero attached hydrogens (tertiary/aromatic N) is 2. The van der Waals surface area contributed by atoms with E-state index in [0.29, 0.717) is 16.8 Å². The van der Waals surface area contributed by atoms with E-state index in [4.69, 9.17) is 16.3 Å². The van der Waals surface area contributed by atoms with E-state index in [0.717, 1.165) is 6.07 Å². The summed E-state index contributed by atoms with van der Waals surface area (Å²) in [5.41, 5.74) is -1.40. The van der Waals surface area contributed by atoms with Gasteiger partial charge in [0.25, 0.3) is 11.8 Å². The summed E-state index contributed by atoms with van der Waals surface area (Å²) in [6.45, 7) is -0.358. The maximum Gasteiger partial charge on any atom is 0.417 e. The third kappa shape index (κ3) is 6.57. The standard InChI is InChI=1S/C22H14ClF3N4O3S/c23-17-6-5-15(10-16(17)22(24,25)26)29-20(32)14(11-27)9-13-3-1-2-4-18(13)33-12-19(31)30-21-28-7-8-34-21/h1-10H,12H2,(H,29,32)(H,28,30,31)/b14-9+. The summed E-state index contributed by atoms with van der Waals surface area (Å²) in [6, 6.07) is 10.9. The van der Waals surface area contributed by atoms with Gasteiger partial charge in [-0.15, -0.1) is 11.3 Å². The molecule has 3 aromatic rings. The van der Waals surface area contributed by atoms with Crippen molar-refractivity contribution >= 4 is 51.6 Å². The number of amides is 2. The zero-order chi connectivity index (χ0) is 24.7. The maximum atomic E-state index is 13.1. The molecule has 0 aliphatic rings. The molecular weight excluding hydrogens is 493 g/mol. The Morgan fingerprint density at radius 2 is 1.97 bits per heavy atom. The van der Waals surface area contributed by atoms with Gasteiger partial charge in [0.2, 0.25) is 0 Å². The van der Waals surface area contributed by atoms with Gasteiger partial charge >= 0.3 is 6.18 Å². The molecule has 3 rings (SSSR count). The van der Waals surface area contributed by atoms with E-state index in [-0.39, 0.29) is 18.0 Å². The lowest BCUT2D eigenvalue weighted by Crippen LogP contribution is -2.20. The van der Waals surface area contributed by atoms with Crippen LogP contribution >= 0.6 is 22.9 Å². The SMILES string of the molecule is N#C/C(=C\c1ccccc1OCC(=O)Nc1nccs1)C(=O)Nc1ccc(Cl)c(C(F)(F)F)c1. The van der Waals surface area contributed by atoms with E-state index in [1.165, 1.54) is 35.7 Å². The number of hydrogen-bond donors (Lipinski definition) is 2. The Balaban J connectivity index is 1.74. The molecule has 34 heavy (non-hydrogen) atoms. The van der Waals surface area contributed by atoms with E-state index >= 15 is 0 Å². The van der Waals surface area contributed by atoms with Crippen LogP contribution in [-0.4, -0.2) is 23.4 Å². The Hall–Kier alpha value is -3.88. The Morgan fingerprint density at radius 3 is 2.65 bits per heavy atom. The molecule has 2 N–H and O–H groups in total. The summed E-state index contributed by atoms with van der Waals surface area (Å²) in [6.07, 6.45) is -1.98. The smallest absolute Gasteiger partial charge is 0.417 e. The van der Waals surface area contributed by atoms with Crippen molar-refractivity contribution in [3.8, 4) is 11.8 Å². The van der Waals surface area contributed by atoms with Gasteiger partial charge in [-0.1, -0.05) is 29.8 Å². The lowest BCUT2D eigenvalue weighted by atomic mass is 10.1. The summed E-state index contributed by atoms with van der Waals surface area (Å²) < 4.78 is 44.7. The zero-order valence-electron chi connectivity index (χ0n) is 17.0. The molecule has 1 heterocycles. The van der Waals surface area contributed by atoms with Crippen LogP contribution in [0.5, 0.6) is 5.75 Å². The second-order valence-corrected chi connectivity index (χ2v) is 7.83. The summed E-state index contributed by atoms with van der Waals surface area (Å²) in [5, 5.41) is 15.8. The molecule has 0 radical (unpaired) electrons. The molecule has 0 atom stereocenters. The van der Waals surface area contributed by atoms with Crippen molar-refractivity contribution in [2.45, 2.75) is 6.18 Å². The van der Waals surface area contributed by atoms with Crippen LogP contribution in [0.25, 0.3) is 6.08 Å². The van der Waals surface area contributed by atoms with Gasteiger partial charge in [0.1, 0.15) is 17.4 Å². The molecular formula is C22H14ClF3N4O3S. The largest absolute Gasteiger partial charge is 0.483 e. The van der Waals surface area contributed by atoms with Crippen LogP contribution in [0.3, 0.4) is 0 Å². The molecule has 0 bridgehead atoms. The van der Waals surface area contributed by atoms with Gasteiger partial charge in [-0.2, -0.15) is 18.4 Å². The minimum atomic E-state index is -4.71. The van der Waals surface area contributed by atoms with Crippen LogP contribution in [-0.2, 0) is 15.8 Å². The van der Waals surface area contributed by atoms with E-state index in [1.54, 1.807) is 29.6 Å². The van der Waals surface area contributed by atoms with E-state index in [2.05, 4.69) is 15.6 Å². The fourth-order valence-corrected chi connectivity index (χ4v) is 3.41.